The monoisotopic (exact) mass is 204 g/mol. The molecule has 0 aliphatic rings. The summed E-state index contributed by atoms with van der Waals surface area (Å²) in [6, 6.07) is 10.1. The maximum atomic E-state index is 11.8. The highest BCUT2D eigenvalue weighted by Gasteiger charge is 2.17. The van der Waals surface area contributed by atoms with Gasteiger partial charge < -0.3 is 0 Å². The molecule has 82 valence electrons. The van der Waals surface area contributed by atoms with Crippen molar-refractivity contribution in [1.29, 1.82) is 0 Å². The standard InChI is InChI=1S/C14H20O/c1-3-5-11-13(14(15)4-2)12-9-7-6-8-10-12/h6-10,13H,3-5,11H2,1-2H3. The van der Waals surface area contributed by atoms with Crippen LogP contribution in [0.5, 0.6) is 0 Å². The summed E-state index contributed by atoms with van der Waals surface area (Å²) in [5.41, 5.74) is 1.18. The Labute approximate surface area is 92.5 Å². The minimum Gasteiger partial charge on any atom is -0.299 e. The van der Waals surface area contributed by atoms with Crippen molar-refractivity contribution >= 4 is 5.78 Å². The number of unbranched alkanes of at least 4 members (excludes halogenated alkanes) is 1. The van der Waals surface area contributed by atoms with Gasteiger partial charge in [-0.1, -0.05) is 57.0 Å². The van der Waals surface area contributed by atoms with E-state index >= 15 is 0 Å². The van der Waals surface area contributed by atoms with Crippen LogP contribution >= 0.6 is 0 Å². The number of Topliss-reactive ketones (excluding diaryl/α,β-unsaturated/α-hetero) is 1. The molecule has 0 aromatic heterocycles. The zero-order valence-corrected chi connectivity index (χ0v) is 9.70. The molecule has 1 aromatic rings. The second kappa shape index (κ2) is 6.39. The summed E-state index contributed by atoms with van der Waals surface area (Å²) in [7, 11) is 0. The average Bonchev–Trinajstić information content (AvgIpc) is 2.30. The van der Waals surface area contributed by atoms with Crippen molar-refractivity contribution < 1.29 is 4.79 Å². The van der Waals surface area contributed by atoms with E-state index in [9.17, 15) is 4.79 Å². The fourth-order valence-electron chi connectivity index (χ4n) is 1.85. The molecule has 1 rings (SSSR count). The molecule has 1 atom stereocenters. The molecule has 0 saturated heterocycles. The molecule has 1 heteroatoms. The molecule has 0 bridgehead atoms. The molecule has 0 N–H and O–H groups in total. The van der Waals surface area contributed by atoms with Crippen LogP contribution in [0.15, 0.2) is 30.3 Å². The van der Waals surface area contributed by atoms with Gasteiger partial charge >= 0.3 is 0 Å². The average molecular weight is 204 g/mol. The molecular weight excluding hydrogens is 184 g/mol. The van der Waals surface area contributed by atoms with E-state index in [4.69, 9.17) is 0 Å². The fourth-order valence-corrected chi connectivity index (χ4v) is 1.85. The van der Waals surface area contributed by atoms with Gasteiger partial charge in [-0.15, -0.1) is 0 Å². The van der Waals surface area contributed by atoms with E-state index in [0.29, 0.717) is 12.2 Å². The number of hydrogen-bond acceptors (Lipinski definition) is 1. The molecule has 0 saturated carbocycles. The molecule has 0 fully saturated rings. The largest absolute Gasteiger partial charge is 0.299 e. The second-order valence-electron chi connectivity index (χ2n) is 3.93. The van der Waals surface area contributed by atoms with Gasteiger partial charge in [0, 0.05) is 12.3 Å². The summed E-state index contributed by atoms with van der Waals surface area (Å²) in [5, 5.41) is 0. The summed E-state index contributed by atoms with van der Waals surface area (Å²) in [6.45, 7) is 4.11. The van der Waals surface area contributed by atoms with Gasteiger partial charge in [0.15, 0.2) is 0 Å². The van der Waals surface area contributed by atoms with Gasteiger partial charge in [-0.3, -0.25) is 4.79 Å². The van der Waals surface area contributed by atoms with Crippen LogP contribution in [0.2, 0.25) is 0 Å². The molecular formula is C14H20O. The summed E-state index contributed by atoms with van der Waals surface area (Å²) in [5.74, 6) is 0.491. The highest BCUT2D eigenvalue weighted by molar-refractivity contribution is 5.85. The first kappa shape index (κ1) is 12.0. The number of ketones is 1. The van der Waals surface area contributed by atoms with E-state index < -0.39 is 0 Å². The Morgan fingerprint density at radius 1 is 1.20 bits per heavy atom. The molecule has 0 aliphatic heterocycles. The Bertz CT molecular complexity index is 289. The zero-order chi connectivity index (χ0) is 11.1. The quantitative estimate of drug-likeness (QED) is 0.686. The normalized spacial score (nSPS) is 12.4. The molecule has 0 radical (unpaired) electrons. The minimum atomic E-state index is 0.121. The van der Waals surface area contributed by atoms with Crippen molar-refractivity contribution in [3.63, 3.8) is 0 Å². The molecule has 0 amide bonds. The van der Waals surface area contributed by atoms with Crippen LogP contribution in [0.1, 0.15) is 51.0 Å². The number of benzene rings is 1. The maximum absolute atomic E-state index is 11.8. The lowest BCUT2D eigenvalue weighted by Crippen LogP contribution is -2.11. The number of carbonyl (C=O) groups is 1. The first-order chi connectivity index (χ1) is 7.29. The molecule has 1 unspecified atom stereocenters. The predicted octanol–water partition coefficient (Wildman–Crippen LogP) is 3.94. The molecule has 15 heavy (non-hydrogen) atoms. The minimum absolute atomic E-state index is 0.121. The number of carbonyl (C=O) groups excluding carboxylic acids is 1. The van der Waals surface area contributed by atoms with Gasteiger partial charge in [0.25, 0.3) is 0 Å². The van der Waals surface area contributed by atoms with Crippen LogP contribution in [0.3, 0.4) is 0 Å². The first-order valence-electron chi connectivity index (χ1n) is 5.87. The fraction of sp³-hybridized carbons (Fsp3) is 0.500. The molecule has 0 spiro atoms. The Kier molecular flexibility index (Phi) is 5.09. The first-order valence-corrected chi connectivity index (χ1v) is 5.87. The predicted molar refractivity (Wildman–Crippen MR) is 64.0 cm³/mol. The van der Waals surface area contributed by atoms with Crippen LogP contribution in [-0.2, 0) is 4.79 Å². The van der Waals surface area contributed by atoms with E-state index in [2.05, 4.69) is 19.1 Å². The zero-order valence-electron chi connectivity index (χ0n) is 9.70. The summed E-state index contributed by atoms with van der Waals surface area (Å²) in [4.78, 5) is 11.8. The highest BCUT2D eigenvalue weighted by atomic mass is 16.1. The molecule has 0 aliphatic carbocycles. The van der Waals surface area contributed by atoms with E-state index in [1.165, 1.54) is 5.56 Å². The third-order valence-electron chi connectivity index (χ3n) is 2.79. The summed E-state index contributed by atoms with van der Waals surface area (Å²) < 4.78 is 0. The Morgan fingerprint density at radius 3 is 2.40 bits per heavy atom. The number of rotatable bonds is 6. The van der Waals surface area contributed by atoms with Crippen molar-refractivity contribution in [3.05, 3.63) is 35.9 Å². The van der Waals surface area contributed by atoms with Crippen LogP contribution in [-0.4, -0.2) is 5.78 Å². The highest BCUT2D eigenvalue weighted by Crippen LogP contribution is 2.24. The number of hydrogen-bond donors (Lipinski definition) is 0. The van der Waals surface area contributed by atoms with Crippen molar-refractivity contribution in [2.75, 3.05) is 0 Å². The Hall–Kier alpha value is -1.11. The van der Waals surface area contributed by atoms with Crippen LogP contribution in [0.25, 0.3) is 0 Å². The van der Waals surface area contributed by atoms with Crippen molar-refractivity contribution in [1.82, 2.24) is 0 Å². The molecule has 1 nitrogen and oxygen atoms in total. The third kappa shape index (κ3) is 3.50. The molecule has 0 heterocycles. The summed E-state index contributed by atoms with van der Waals surface area (Å²) in [6.07, 6.45) is 3.92. The Morgan fingerprint density at radius 2 is 1.87 bits per heavy atom. The Balaban J connectivity index is 2.76. The van der Waals surface area contributed by atoms with E-state index in [1.807, 2.05) is 25.1 Å². The smallest absolute Gasteiger partial charge is 0.140 e. The van der Waals surface area contributed by atoms with E-state index in [-0.39, 0.29) is 5.92 Å². The van der Waals surface area contributed by atoms with Crippen molar-refractivity contribution in [2.45, 2.75) is 45.4 Å². The van der Waals surface area contributed by atoms with Gasteiger partial charge in [-0.05, 0) is 12.0 Å². The van der Waals surface area contributed by atoms with Crippen molar-refractivity contribution in [2.24, 2.45) is 0 Å². The third-order valence-corrected chi connectivity index (χ3v) is 2.79. The lowest BCUT2D eigenvalue weighted by molar-refractivity contribution is -0.120. The topological polar surface area (TPSA) is 17.1 Å². The van der Waals surface area contributed by atoms with Gasteiger partial charge in [0.2, 0.25) is 0 Å². The van der Waals surface area contributed by atoms with Gasteiger partial charge in [-0.2, -0.15) is 0 Å². The van der Waals surface area contributed by atoms with Gasteiger partial charge in [-0.25, -0.2) is 0 Å². The van der Waals surface area contributed by atoms with Gasteiger partial charge in [0.1, 0.15) is 5.78 Å². The lowest BCUT2D eigenvalue weighted by Gasteiger charge is -2.14. The van der Waals surface area contributed by atoms with E-state index in [0.717, 1.165) is 19.3 Å². The van der Waals surface area contributed by atoms with Crippen LogP contribution < -0.4 is 0 Å². The summed E-state index contributed by atoms with van der Waals surface area (Å²) >= 11 is 0. The maximum Gasteiger partial charge on any atom is 0.140 e. The SMILES string of the molecule is CCCCC(C(=O)CC)c1ccccc1. The van der Waals surface area contributed by atoms with Crippen molar-refractivity contribution in [3.8, 4) is 0 Å². The van der Waals surface area contributed by atoms with Crippen LogP contribution in [0.4, 0.5) is 0 Å². The lowest BCUT2D eigenvalue weighted by atomic mass is 9.89. The molecule has 1 aromatic carbocycles. The van der Waals surface area contributed by atoms with Crippen LogP contribution in [0, 0.1) is 0 Å². The second-order valence-corrected chi connectivity index (χ2v) is 3.93. The van der Waals surface area contributed by atoms with E-state index in [1.54, 1.807) is 0 Å². The van der Waals surface area contributed by atoms with Gasteiger partial charge in [0.05, 0.1) is 0 Å².